The first kappa shape index (κ1) is 30.3. The summed E-state index contributed by atoms with van der Waals surface area (Å²) in [7, 11) is 5.46. The third-order valence-corrected chi connectivity index (χ3v) is 6.88. The Labute approximate surface area is 237 Å². The Kier molecular flexibility index (Phi) is 10.4. The fourth-order valence-corrected chi connectivity index (χ4v) is 4.79. The molecule has 40 heavy (non-hydrogen) atoms. The second-order valence-corrected chi connectivity index (χ2v) is 10.4. The minimum absolute atomic E-state index is 0.0421. The molecule has 2 N–H and O–H groups in total. The van der Waals surface area contributed by atoms with E-state index >= 15 is 0 Å². The summed E-state index contributed by atoms with van der Waals surface area (Å²) in [4.78, 5) is 27.7. The number of nitrogens with zero attached hydrogens (tertiary/aromatic N) is 1. The summed E-state index contributed by atoms with van der Waals surface area (Å²) < 4.78 is 11.1. The lowest BCUT2D eigenvalue weighted by Crippen LogP contribution is -2.31. The van der Waals surface area contributed by atoms with Crippen LogP contribution in [0.5, 0.6) is 11.5 Å². The summed E-state index contributed by atoms with van der Waals surface area (Å²) in [5, 5.41) is 12.1. The molecule has 2 aromatic rings. The molecule has 1 heterocycles. The van der Waals surface area contributed by atoms with Crippen LogP contribution in [0.15, 0.2) is 95.0 Å². The van der Waals surface area contributed by atoms with Crippen molar-refractivity contribution >= 4 is 11.8 Å². The third kappa shape index (κ3) is 7.88. The molecule has 0 spiro atoms. The maximum Gasteiger partial charge on any atom is 0.336 e. The van der Waals surface area contributed by atoms with E-state index in [1.807, 2.05) is 82.4 Å². The normalized spacial score (nSPS) is 16.8. The Bertz CT molecular complexity index is 1350. The number of hydrogen-bond donors (Lipinski definition) is 2. The SMILES string of the molecule is C=C(C)/C(=C\N(C)C)COC(=O)C1=C(C)NC2=C(C1)C(=O)C[C@H](c1ccccc1OC)C2.Cc1cccc(O)c1. The van der Waals surface area contributed by atoms with E-state index in [0.717, 1.165) is 39.4 Å². The number of nitrogens with one attached hydrogen (secondary N) is 1. The zero-order valence-electron chi connectivity index (χ0n) is 24.3. The van der Waals surface area contributed by atoms with Gasteiger partial charge in [0.25, 0.3) is 0 Å². The molecule has 0 unspecified atom stereocenters. The number of para-hydroxylation sites is 1. The molecule has 1 atom stereocenters. The van der Waals surface area contributed by atoms with Gasteiger partial charge in [0, 0.05) is 61.6 Å². The summed E-state index contributed by atoms with van der Waals surface area (Å²) in [5.74, 6) is 0.820. The molecule has 0 bridgehead atoms. The number of carbonyl (C=O) groups excluding carboxylic acids is 2. The summed E-state index contributed by atoms with van der Waals surface area (Å²) in [6.45, 7) is 9.77. The first-order chi connectivity index (χ1) is 19.0. The van der Waals surface area contributed by atoms with Crippen LogP contribution in [0.3, 0.4) is 0 Å². The Hall–Kier alpha value is -4.26. The highest BCUT2D eigenvalue weighted by Gasteiger charge is 2.34. The summed E-state index contributed by atoms with van der Waals surface area (Å²) in [5.41, 5.74) is 6.61. The molecule has 0 radical (unpaired) electrons. The number of rotatable bonds is 7. The van der Waals surface area contributed by atoms with E-state index in [-0.39, 0.29) is 18.3 Å². The molecule has 0 aromatic heterocycles. The molecule has 2 aliphatic rings. The van der Waals surface area contributed by atoms with Gasteiger partial charge in [0.15, 0.2) is 5.78 Å². The molecule has 0 saturated heterocycles. The van der Waals surface area contributed by atoms with Crippen LogP contribution in [0.2, 0.25) is 0 Å². The summed E-state index contributed by atoms with van der Waals surface area (Å²) in [6.07, 6.45) is 3.28. The number of phenolic OH excluding ortho intramolecular Hbond substituents is 1. The molecule has 4 rings (SSSR count). The van der Waals surface area contributed by atoms with Crippen molar-refractivity contribution in [2.45, 2.75) is 46.0 Å². The molecule has 1 aliphatic carbocycles. The number of aromatic hydroxyl groups is 1. The van der Waals surface area contributed by atoms with Gasteiger partial charge >= 0.3 is 5.97 Å². The zero-order chi connectivity index (χ0) is 29.4. The van der Waals surface area contributed by atoms with Crippen molar-refractivity contribution in [1.82, 2.24) is 10.2 Å². The Morgan fingerprint density at radius 3 is 2.48 bits per heavy atom. The molecular weight excluding hydrogens is 504 g/mol. The third-order valence-electron chi connectivity index (χ3n) is 6.88. The minimum atomic E-state index is -0.410. The van der Waals surface area contributed by atoms with Crippen LogP contribution in [0.4, 0.5) is 0 Å². The van der Waals surface area contributed by atoms with Crippen LogP contribution in [-0.4, -0.2) is 49.6 Å². The molecule has 2 aromatic carbocycles. The van der Waals surface area contributed by atoms with Gasteiger partial charge in [-0.3, -0.25) is 4.79 Å². The Balaban J connectivity index is 0.000000472. The number of ether oxygens (including phenoxy) is 2. The average Bonchev–Trinajstić information content (AvgIpc) is 2.90. The summed E-state index contributed by atoms with van der Waals surface area (Å²) >= 11 is 0. The number of phenols is 1. The molecule has 7 heteroatoms. The number of allylic oxidation sites excluding steroid dienone is 3. The van der Waals surface area contributed by atoms with E-state index in [0.29, 0.717) is 36.2 Å². The van der Waals surface area contributed by atoms with Crippen LogP contribution in [0.25, 0.3) is 0 Å². The highest BCUT2D eigenvalue weighted by atomic mass is 16.5. The van der Waals surface area contributed by atoms with E-state index in [1.165, 1.54) is 0 Å². The minimum Gasteiger partial charge on any atom is -0.508 e. The van der Waals surface area contributed by atoms with Crippen molar-refractivity contribution in [1.29, 1.82) is 0 Å². The standard InChI is InChI=1S/C26H32N2O4.C7H8O/c1-16(2)19(14-28(4)5)15-32-26(30)21-13-22-23(27-17(21)3)11-18(12-24(22)29)20-9-7-8-10-25(20)31-6;1-6-3-2-4-7(8)5-6/h7-10,14,18,27H,1,11-13,15H2,2-6H3;2-5,8H,1H3/b19-14-;/t18-;/m1./s1. The van der Waals surface area contributed by atoms with Gasteiger partial charge < -0.3 is 24.8 Å². The smallest absolute Gasteiger partial charge is 0.336 e. The Morgan fingerprint density at radius 1 is 1.15 bits per heavy atom. The lowest BCUT2D eigenvalue weighted by Gasteiger charge is -2.32. The first-order valence-electron chi connectivity index (χ1n) is 13.3. The van der Waals surface area contributed by atoms with Crippen LogP contribution >= 0.6 is 0 Å². The van der Waals surface area contributed by atoms with Crippen LogP contribution < -0.4 is 10.1 Å². The van der Waals surface area contributed by atoms with E-state index in [2.05, 4.69) is 11.9 Å². The van der Waals surface area contributed by atoms with E-state index in [4.69, 9.17) is 14.6 Å². The number of carbonyl (C=O) groups is 2. The largest absolute Gasteiger partial charge is 0.508 e. The number of aryl methyl sites for hydroxylation is 1. The number of methoxy groups -OCH3 is 1. The van der Waals surface area contributed by atoms with Crippen molar-refractivity contribution in [3.05, 3.63) is 106 Å². The molecule has 0 fully saturated rings. The number of esters is 1. The van der Waals surface area contributed by atoms with Gasteiger partial charge in [0.05, 0.1) is 12.7 Å². The van der Waals surface area contributed by atoms with Gasteiger partial charge in [0.1, 0.15) is 18.1 Å². The predicted octanol–water partition coefficient (Wildman–Crippen LogP) is 5.93. The topological polar surface area (TPSA) is 88.1 Å². The van der Waals surface area contributed by atoms with E-state index in [1.54, 1.807) is 19.2 Å². The van der Waals surface area contributed by atoms with Crippen molar-refractivity contribution in [2.75, 3.05) is 27.8 Å². The molecule has 0 amide bonds. The molecule has 7 nitrogen and oxygen atoms in total. The first-order valence-corrected chi connectivity index (χ1v) is 13.3. The maximum atomic E-state index is 13.0. The van der Waals surface area contributed by atoms with Crippen molar-refractivity contribution in [3.8, 4) is 11.5 Å². The Morgan fingerprint density at radius 2 is 1.88 bits per heavy atom. The number of benzene rings is 2. The summed E-state index contributed by atoms with van der Waals surface area (Å²) in [6, 6.07) is 15.0. The van der Waals surface area contributed by atoms with Crippen LogP contribution in [-0.2, 0) is 14.3 Å². The molecule has 212 valence electrons. The zero-order valence-corrected chi connectivity index (χ0v) is 24.3. The van der Waals surface area contributed by atoms with Crippen LogP contribution in [0, 0.1) is 6.92 Å². The van der Waals surface area contributed by atoms with Gasteiger partial charge in [-0.2, -0.15) is 0 Å². The van der Waals surface area contributed by atoms with Gasteiger partial charge in [-0.1, -0.05) is 42.5 Å². The highest BCUT2D eigenvalue weighted by molar-refractivity contribution is 6.01. The number of hydrogen-bond acceptors (Lipinski definition) is 7. The number of ketones is 1. The molecular formula is C33H40N2O5. The van der Waals surface area contributed by atoms with Gasteiger partial charge in [-0.05, 0) is 56.5 Å². The van der Waals surface area contributed by atoms with Crippen molar-refractivity contribution in [2.24, 2.45) is 0 Å². The lowest BCUT2D eigenvalue weighted by atomic mass is 9.78. The second-order valence-electron chi connectivity index (χ2n) is 10.4. The molecule has 0 saturated carbocycles. The monoisotopic (exact) mass is 544 g/mol. The van der Waals surface area contributed by atoms with Crippen molar-refractivity contribution < 1.29 is 24.2 Å². The second kappa shape index (κ2) is 13.7. The van der Waals surface area contributed by atoms with Crippen molar-refractivity contribution in [3.63, 3.8) is 0 Å². The fourth-order valence-electron chi connectivity index (χ4n) is 4.79. The van der Waals surface area contributed by atoms with Gasteiger partial charge in [-0.25, -0.2) is 4.79 Å². The number of dihydropyridines is 1. The highest BCUT2D eigenvalue weighted by Crippen LogP contribution is 2.41. The van der Waals surface area contributed by atoms with E-state index in [9.17, 15) is 9.59 Å². The quantitative estimate of drug-likeness (QED) is 0.330. The lowest BCUT2D eigenvalue weighted by molar-refractivity contribution is -0.138. The van der Waals surface area contributed by atoms with E-state index < -0.39 is 5.97 Å². The van der Waals surface area contributed by atoms with Crippen LogP contribution in [0.1, 0.15) is 50.2 Å². The predicted molar refractivity (Wildman–Crippen MR) is 158 cm³/mol. The molecule has 1 aliphatic heterocycles. The fraction of sp³-hybridized carbons (Fsp3) is 0.333. The van der Waals surface area contributed by atoms with Gasteiger partial charge in [-0.15, -0.1) is 0 Å². The number of Topliss-reactive ketones (excluding diaryl/α,β-unsaturated/α-hetero) is 1. The average molecular weight is 545 g/mol. The van der Waals surface area contributed by atoms with Gasteiger partial charge in [0.2, 0.25) is 0 Å². The maximum absolute atomic E-state index is 13.0.